The van der Waals surface area contributed by atoms with Crippen LogP contribution in [0.4, 0.5) is 0 Å². The third-order valence-electron chi connectivity index (χ3n) is 3.16. The molecule has 0 aromatic heterocycles. The summed E-state index contributed by atoms with van der Waals surface area (Å²) in [5.41, 5.74) is 6.25. The van der Waals surface area contributed by atoms with Crippen molar-refractivity contribution >= 4 is 29.1 Å². The van der Waals surface area contributed by atoms with E-state index in [2.05, 4.69) is 16.2 Å². The zero-order valence-corrected chi connectivity index (χ0v) is 14.6. The van der Waals surface area contributed by atoms with E-state index in [1.807, 2.05) is 37.3 Å². The van der Waals surface area contributed by atoms with Gasteiger partial charge >= 0.3 is 0 Å². The van der Waals surface area contributed by atoms with Crippen molar-refractivity contribution in [2.24, 2.45) is 0 Å². The summed E-state index contributed by atoms with van der Waals surface area (Å²) in [6.07, 6.45) is 0.209. The Morgan fingerprint density at radius 2 is 1.80 bits per heavy atom. The van der Waals surface area contributed by atoms with Crippen LogP contribution in [0.3, 0.4) is 0 Å². The molecular weight excluding hydrogens is 338 g/mol. The molecule has 3 N–H and O–H groups in total. The van der Waals surface area contributed by atoms with E-state index in [1.54, 1.807) is 24.3 Å². The smallest absolute Gasteiger partial charge is 0.257 e. The van der Waals surface area contributed by atoms with Gasteiger partial charge in [0.15, 0.2) is 5.11 Å². The minimum Gasteiger partial charge on any atom is -0.494 e. The fraction of sp³-hybridized carbons (Fsp3) is 0.167. The third kappa shape index (κ3) is 6.23. The van der Waals surface area contributed by atoms with Crippen LogP contribution >= 0.6 is 12.2 Å². The molecule has 2 amide bonds. The lowest BCUT2D eigenvalue weighted by molar-refractivity contribution is -0.121. The SMILES string of the molecule is CCOc1cccc(C(=O)NC(=S)NNC(=O)Cc2ccccc2)c1. The Bertz CT molecular complexity index is 750. The van der Waals surface area contributed by atoms with Crippen molar-refractivity contribution in [3.63, 3.8) is 0 Å². The van der Waals surface area contributed by atoms with Gasteiger partial charge in [-0.25, -0.2) is 0 Å². The molecule has 0 atom stereocenters. The molecule has 6 nitrogen and oxygen atoms in total. The summed E-state index contributed by atoms with van der Waals surface area (Å²) in [5.74, 6) is -0.0531. The van der Waals surface area contributed by atoms with Gasteiger partial charge in [-0.15, -0.1) is 0 Å². The van der Waals surface area contributed by atoms with E-state index >= 15 is 0 Å². The molecule has 25 heavy (non-hydrogen) atoms. The lowest BCUT2D eigenvalue weighted by atomic mass is 10.1. The summed E-state index contributed by atoms with van der Waals surface area (Å²) in [6, 6.07) is 16.1. The number of carbonyl (C=O) groups is 2. The van der Waals surface area contributed by atoms with Gasteiger partial charge < -0.3 is 4.74 Å². The van der Waals surface area contributed by atoms with Gasteiger partial charge in [-0.05, 0) is 42.9 Å². The van der Waals surface area contributed by atoms with E-state index in [1.165, 1.54) is 0 Å². The second-order valence-electron chi connectivity index (χ2n) is 5.08. The number of carbonyl (C=O) groups excluding carboxylic acids is 2. The first kappa shape index (κ1) is 18.4. The molecule has 2 rings (SSSR count). The molecule has 0 bridgehead atoms. The molecule has 0 saturated heterocycles. The Balaban J connectivity index is 1.80. The Labute approximate surface area is 151 Å². The monoisotopic (exact) mass is 357 g/mol. The minimum absolute atomic E-state index is 0.00762. The highest BCUT2D eigenvalue weighted by molar-refractivity contribution is 7.80. The van der Waals surface area contributed by atoms with Crippen molar-refractivity contribution < 1.29 is 14.3 Å². The van der Waals surface area contributed by atoms with Crippen LogP contribution in [0.2, 0.25) is 0 Å². The van der Waals surface area contributed by atoms with Crippen molar-refractivity contribution in [2.45, 2.75) is 13.3 Å². The van der Waals surface area contributed by atoms with Gasteiger partial charge in [0.2, 0.25) is 5.91 Å². The van der Waals surface area contributed by atoms with Crippen LogP contribution in [-0.2, 0) is 11.2 Å². The van der Waals surface area contributed by atoms with Gasteiger partial charge in [0.1, 0.15) is 5.75 Å². The summed E-state index contributed by atoms with van der Waals surface area (Å²) >= 11 is 5.01. The normalized spacial score (nSPS) is 9.80. The predicted octanol–water partition coefficient (Wildman–Crippen LogP) is 1.96. The van der Waals surface area contributed by atoms with Crippen molar-refractivity contribution in [2.75, 3.05) is 6.61 Å². The molecule has 0 aliphatic heterocycles. The molecule has 2 aromatic rings. The predicted molar refractivity (Wildman–Crippen MR) is 99.1 cm³/mol. The van der Waals surface area contributed by atoms with Crippen molar-refractivity contribution in [1.82, 2.24) is 16.2 Å². The average Bonchev–Trinajstić information content (AvgIpc) is 2.61. The first-order chi connectivity index (χ1) is 12.1. The van der Waals surface area contributed by atoms with E-state index in [4.69, 9.17) is 17.0 Å². The summed E-state index contributed by atoms with van der Waals surface area (Å²) in [7, 11) is 0. The zero-order chi connectivity index (χ0) is 18.1. The summed E-state index contributed by atoms with van der Waals surface area (Å²) in [6.45, 7) is 2.38. The topological polar surface area (TPSA) is 79.5 Å². The molecule has 0 fully saturated rings. The number of hydrazine groups is 1. The molecule has 0 heterocycles. The number of benzene rings is 2. The summed E-state index contributed by atoms with van der Waals surface area (Å²) in [5, 5.41) is 2.50. The van der Waals surface area contributed by atoms with Crippen molar-refractivity contribution in [3.05, 3.63) is 65.7 Å². The van der Waals surface area contributed by atoms with Crippen molar-refractivity contribution in [3.8, 4) is 5.75 Å². The maximum atomic E-state index is 12.1. The molecular formula is C18H19N3O3S. The fourth-order valence-corrected chi connectivity index (χ4v) is 2.20. The molecule has 7 heteroatoms. The number of ether oxygens (including phenoxy) is 1. The summed E-state index contributed by atoms with van der Waals surface area (Å²) < 4.78 is 5.35. The number of hydrogen-bond donors (Lipinski definition) is 3. The second kappa shape index (κ2) is 9.39. The highest BCUT2D eigenvalue weighted by atomic mass is 32.1. The largest absolute Gasteiger partial charge is 0.494 e. The van der Waals surface area contributed by atoms with Crippen LogP contribution in [0.25, 0.3) is 0 Å². The van der Waals surface area contributed by atoms with E-state index in [0.717, 1.165) is 5.56 Å². The average molecular weight is 357 g/mol. The number of thiocarbonyl (C=S) groups is 1. The Morgan fingerprint density at radius 1 is 1.04 bits per heavy atom. The highest BCUT2D eigenvalue weighted by Crippen LogP contribution is 2.13. The third-order valence-corrected chi connectivity index (χ3v) is 3.36. The molecule has 0 unspecified atom stereocenters. The molecule has 2 aromatic carbocycles. The van der Waals surface area contributed by atoms with Crippen LogP contribution in [0.1, 0.15) is 22.8 Å². The summed E-state index contributed by atoms with van der Waals surface area (Å²) in [4.78, 5) is 24.0. The van der Waals surface area contributed by atoms with Crippen LogP contribution < -0.4 is 20.9 Å². The molecule has 0 aliphatic carbocycles. The van der Waals surface area contributed by atoms with Crippen LogP contribution in [0.15, 0.2) is 54.6 Å². The zero-order valence-electron chi connectivity index (χ0n) is 13.7. The standard InChI is InChI=1S/C18H19N3O3S/c1-2-24-15-10-6-9-14(12-15)17(23)19-18(25)21-20-16(22)11-13-7-4-3-5-8-13/h3-10,12H,2,11H2,1H3,(H,20,22)(H2,19,21,23,25). The van der Waals surface area contributed by atoms with Crippen LogP contribution in [-0.4, -0.2) is 23.5 Å². The number of amides is 2. The Morgan fingerprint density at radius 3 is 2.52 bits per heavy atom. The van der Waals surface area contributed by atoms with Gasteiger partial charge in [0, 0.05) is 5.56 Å². The van der Waals surface area contributed by atoms with E-state index in [0.29, 0.717) is 17.9 Å². The van der Waals surface area contributed by atoms with Gasteiger partial charge in [-0.3, -0.25) is 25.8 Å². The minimum atomic E-state index is -0.392. The van der Waals surface area contributed by atoms with E-state index < -0.39 is 5.91 Å². The molecule has 0 spiro atoms. The molecule has 130 valence electrons. The fourth-order valence-electron chi connectivity index (χ4n) is 2.05. The maximum Gasteiger partial charge on any atom is 0.257 e. The van der Waals surface area contributed by atoms with Gasteiger partial charge in [0.25, 0.3) is 5.91 Å². The van der Waals surface area contributed by atoms with Gasteiger partial charge in [-0.2, -0.15) is 0 Å². The van der Waals surface area contributed by atoms with E-state index in [9.17, 15) is 9.59 Å². The highest BCUT2D eigenvalue weighted by Gasteiger charge is 2.10. The Hall–Kier alpha value is -2.93. The Kier molecular flexibility index (Phi) is 6.91. The molecule has 0 aliphatic rings. The number of hydrogen-bond acceptors (Lipinski definition) is 4. The van der Waals surface area contributed by atoms with Crippen LogP contribution in [0, 0.1) is 0 Å². The second-order valence-corrected chi connectivity index (χ2v) is 5.49. The van der Waals surface area contributed by atoms with Gasteiger partial charge in [0.05, 0.1) is 13.0 Å². The molecule has 0 radical (unpaired) electrons. The first-order valence-electron chi connectivity index (χ1n) is 7.75. The van der Waals surface area contributed by atoms with Gasteiger partial charge in [-0.1, -0.05) is 36.4 Å². The number of rotatable bonds is 5. The lowest BCUT2D eigenvalue weighted by Crippen LogP contribution is -2.48. The van der Waals surface area contributed by atoms with Crippen LogP contribution in [0.5, 0.6) is 5.75 Å². The first-order valence-corrected chi connectivity index (χ1v) is 8.16. The quantitative estimate of drug-likeness (QED) is 0.563. The molecule has 0 saturated carbocycles. The number of nitrogens with one attached hydrogen (secondary N) is 3. The van der Waals surface area contributed by atoms with E-state index in [-0.39, 0.29) is 17.4 Å². The lowest BCUT2D eigenvalue weighted by Gasteiger charge is -2.11. The maximum absolute atomic E-state index is 12.1. The van der Waals surface area contributed by atoms with Crippen molar-refractivity contribution in [1.29, 1.82) is 0 Å².